The molecule has 0 aliphatic rings. The summed E-state index contributed by atoms with van der Waals surface area (Å²) in [6.07, 6.45) is 0. The fourth-order valence-electron chi connectivity index (χ4n) is 8.71. The summed E-state index contributed by atoms with van der Waals surface area (Å²) in [5, 5.41) is 14.8. The molecular formula is C50H30O. The van der Waals surface area contributed by atoms with E-state index in [0.29, 0.717) is 0 Å². The Morgan fingerprint density at radius 1 is 0.275 bits per heavy atom. The Hall–Kier alpha value is -6.70. The number of fused-ring (bicyclic) bond motifs is 10. The number of hydrogen-bond acceptors (Lipinski definition) is 1. The summed E-state index contributed by atoms with van der Waals surface area (Å²) >= 11 is 0. The van der Waals surface area contributed by atoms with Crippen molar-refractivity contribution in [2.45, 2.75) is 0 Å². The lowest BCUT2D eigenvalue weighted by molar-refractivity contribution is 0.669. The van der Waals surface area contributed by atoms with Gasteiger partial charge in [-0.25, -0.2) is 0 Å². The molecule has 0 saturated heterocycles. The monoisotopic (exact) mass is 646 g/mol. The maximum atomic E-state index is 6.79. The molecule has 0 amide bonds. The molecule has 236 valence electrons. The summed E-state index contributed by atoms with van der Waals surface area (Å²) in [7, 11) is 0. The summed E-state index contributed by atoms with van der Waals surface area (Å²) in [5.74, 6) is 0. The third kappa shape index (κ3) is 4.09. The molecule has 0 N–H and O–H groups in total. The van der Waals surface area contributed by atoms with E-state index in [9.17, 15) is 0 Å². The van der Waals surface area contributed by atoms with Crippen LogP contribution in [-0.4, -0.2) is 0 Å². The van der Waals surface area contributed by atoms with E-state index < -0.39 is 0 Å². The van der Waals surface area contributed by atoms with E-state index in [-0.39, 0.29) is 0 Å². The van der Waals surface area contributed by atoms with Gasteiger partial charge in [0.05, 0.1) is 0 Å². The molecule has 0 fully saturated rings. The Labute approximate surface area is 294 Å². The minimum atomic E-state index is 0.899. The minimum Gasteiger partial charge on any atom is -0.456 e. The first-order chi connectivity index (χ1) is 25.3. The molecular weight excluding hydrogens is 617 g/mol. The van der Waals surface area contributed by atoms with E-state index in [0.717, 1.165) is 21.9 Å². The summed E-state index contributed by atoms with van der Waals surface area (Å²) in [5.41, 5.74) is 9.12. The van der Waals surface area contributed by atoms with E-state index in [1.807, 2.05) is 0 Å². The Balaban J connectivity index is 1.27. The number of hydrogen-bond donors (Lipinski definition) is 0. The maximum absolute atomic E-state index is 6.79. The number of rotatable bonds is 3. The topological polar surface area (TPSA) is 13.1 Å². The van der Waals surface area contributed by atoms with Crippen molar-refractivity contribution >= 4 is 75.8 Å². The number of benzene rings is 10. The van der Waals surface area contributed by atoms with Crippen molar-refractivity contribution < 1.29 is 4.42 Å². The molecule has 1 aromatic heterocycles. The second kappa shape index (κ2) is 10.9. The van der Waals surface area contributed by atoms with Crippen LogP contribution in [0.3, 0.4) is 0 Å². The lowest BCUT2D eigenvalue weighted by Gasteiger charge is -2.19. The summed E-state index contributed by atoms with van der Waals surface area (Å²) in [6, 6.07) is 66.1. The Morgan fingerprint density at radius 2 is 0.804 bits per heavy atom. The molecule has 11 rings (SSSR count). The van der Waals surface area contributed by atoms with Crippen LogP contribution in [0, 0.1) is 0 Å². The van der Waals surface area contributed by atoms with Gasteiger partial charge in [-0.15, -0.1) is 0 Å². The first-order valence-corrected chi connectivity index (χ1v) is 17.6. The molecule has 10 aromatic carbocycles. The third-order valence-electron chi connectivity index (χ3n) is 10.8. The molecule has 0 radical (unpaired) electrons. The van der Waals surface area contributed by atoms with Gasteiger partial charge in [-0.1, -0.05) is 170 Å². The average molecular weight is 647 g/mol. The van der Waals surface area contributed by atoms with Gasteiger partial charge in [-0.05, 0) is 99.4 Å². The second-order valence-corrected chi connectivity index (χ2v) is 13.5. The Bertz CT molecular complexity index is 3130. The molecule has 51 heavy (non-hydrogen) atoms. The average Bonchev–Trinajstić information content (AvgIpc) is 3.59. The smallest absolute Gasteiger partial charge is 0.136 e. The Kier molecular flexibility index (Phi) is 6.02. The molecule has 0 aliphatic heterocycles. The van der Waals surface area contributed by atoms with Crippen LogP contribution < -0.4 is 0 Å². The molecule has 0 bridgehead atoms. The molecule has 1 heteroatoms. The van der Waals surface area contributed by atoms with Crippen molar-refractivity contribution in [3.63, 3.8) is 0 Å². The van der Waals surface area contributed by atoms with Crippen LogP contribution in [0.15, 0.2) is 186 Å². The van der Waals surface area contributed by atoms with Gasteiger partial charge in [0.1, 0.15) is 11.2 Å². The van der Waals surface area contributed by atoms with Crippen LogP contribution in [0.5, 0.6) is 0 Å². The van der Waals surface area contributed by atoms with Gasteiger partial charge in [-0.3, -0.25) is 0 Å². The van der Waals surface area contributed by atoms with Crippen LogP contribution in [0.25, 0.3) is 109 Å². The molecule has 0 aliphatic carbocycles. The van der Waals surface area contributed by atoms with Crippen LogP contribution in [0.1, 0.15) is 0 Å². The summed E-state index contributed by atoms with van der Waals surface area (Å²) < 4.78 is 6.79. The van der Waals surface area contributed by atoms with Crippen LogP contribution in [-0.2, 0) is 0 Å². The number of furan rings is 1. The third-order valence-corrected chi connectivity index (χ3v) is 10.8. The largest absolute Gasteiger partial charge is 0.456 e. The fraction of sp³-hybridized carbons (Fsp3) is 0. The first kappa shape index (κ1) is 28.2. The van der Waals surface area contributed by atoms with E-state index in [2.05, 4.69) is 182 Å². The zero-order chi connectivity index (χ0) is 33.5. The van der Waals surface area contributed by atoms with Crippen molar-refractivity contribution in [2.75, 3.05) is 0 Å². The fourth-order valence-corrected chi connectivity index (χ4v) is 8.71. The van der Waals surface area contributed by atoms with Crippen molar-refractivity contribution in [1.29, 1.82) is 0 Å². The van der Waals surface area contributed by atoms with E-state index in [4.69, 9.17) is 4.42 Å². The van der Waals surface area contributed by atoms with Crippen molar-refractivity contribution in [3.8, 4) is 33.4 Å². The van der Waals surface area contributed by atoms with Crippen LogP contribution >= 0.6 is 0 Å². The van der Waals surface area contributed by atoms with Gasteiger partial charge < -0.3 is 4.42 Å². The quantitative estimate of drug-likeness (QED) is 0.138. The van der Waals surface area contributed by atoms with Gasteiger partial charge in [0.2, 0.25) is 0 Å². The molecule has 1 nitrogen and oxygen atoms in total. The highest BCUT2D eigenvalue weighted by Crippen LogP contribution is 2.49. The predicted octanol–water partition coefficient (Wildman–Crippen LogP) is 14.4. The van der Waals surface area contributed by atoms with E-state index >= 15 is 0 Å². The molecule has 0 saturated carbocycles. The van der Waals surface area contributed by atoms with Gasteiger partial charge in [0, 0.05) is 10.8 Å². The van der Waals surface area contributed by atoms with Crippen molar-refractivity contribution in [2.24, 2.45) is 0 Å². The highest BCUT2D eigenvalue weighted by Gasteiger charge is 2.22. The molecule has 11 aromatic rings. The zero-order valence-corrected chi connectivity index (χ0v) is 27.7. The van der Waals surface area contributed by atoms with Gasteiger partial charge in [-0.2, -0.15) is 0 Å². The highest BCUT2D eigenvalue weighted by molar-refractivity contribution is 6.30. The summed E-state index contributed by atoms with van der Waals surface area (Å²) in [6.45, 7) is 0. The first-order valence-electron chi connectivity index (χ1n) is 17.6. The lowest BCUT2D eigenvalue weighted by Crippen LogP contribution is -1.92. The second-order valence-electron chi connectivity index (χ2n) is 13.5. The molecule has 0 atom stereocenters. The zero-order valence-electron chi connectivity index (χ0n) is 27.7. The van der Waals surface area contributed by atoms with Crippen LogP contribution in [0.4, 0.5) is 0 Å². The lowest BCUT2D eigenvalue weighted by atomic mass is 9.83. The van der Waals surface area contributed by atoms with E-state index in [1.54, 1.807) is 0 Å². The van der Waals surface area contributed by atoms with Gasteiger partial charge >= 0.3 is 0 Å². The standard InChI is InChI=1S/C50H30O/c1-2-14-31(15-3-1)44-30-46-49(38-19-7-6-18-35(38)44)50-43(26-13-27-45(50)51-46)48-41-22-10-8-20-39(41)47(40-21-9-11-23-42(40)48)37-25-12-24-34-33-17-5-4-16-32(33)28-29-36(34)37/h1-30H. The maximum Gasteiger partial charge on any atom is 0.136 e. The molecule has 0 spiro atoms. The van der Waals surface area contributed by atoms with Gasteiger partial charge in [0.25, 0.3) is 0 Å². The normalized spacial score (nSPS) is 11.9. The van der Waals surface area contributed by atoms with Crippen molar-refractivity contribution in [3.05, 3.63) is 182 Å². The predicted molar refractivity (Wildman–Crippen MR) is 218 cm³/mol. The minimum absolute atomic E-state index is 0.899. The van der Waals surface area contributed by atoms with Crippen molar-refractivity contribution in [1.82, 2.24) is 0 Å². The Morgan fingerprint density at radius 3 is 1.53 bits per heavy atom. The van der Waals surface area contributed by atoms with Gasteiger partial charge in [0.15, 0.2) is 0 Å². The van der Waals surface area contributed by atoms with E-state index in [1.165, 1.54) is 87.2 Å². The molecule has 0 unspecified atom stereocenters. The van der Waals surface area contributed by atoms with Crippen LogP contribution in [0.2, 0.25) is 0 Å². The highest BCUT2D eigenvalue weighted by atomic mass is 16.3. The SMILES string of the molecule is c1ccc(-c2cc3oc4cccc(-c5c6ccccc6c(-c6cccc7c6ccc6ccccc67)c6ccccc56)c4c3c3ccccc23)cc1. The molecule has 1 heterocycles. The summed E-state index contributed by atoms with van der Waals surface area (Å²) in [4.78, 5) is 0.